The average Bonchev–Trinajstić information content (AvgIpc) is 2.38. The summed E-state index contributed by atoms with van der Waals surface area (Å²) < 4.78 is 0. The van der Waals surface area contributed by atoms with E-state index in [1.165, 1.54) is 25.9 Å². The van der Waals surface area contributed by atoms with E-state index in [4.69, 9.17) is 5.73 Å². The van der Waals surface area contributed by atoms with Gasteiger partial charge in [-0.15, -0.1) is 0 Å². The van der Waals surface area contributed by atoms with Crippen molar-refractivity contribution in [3.8, 4) is 0 Å². The monoisotopic (exact) mass is 270 g/mol. The molecule has 0 aromatic heterocycles. The molecule has 0 aromatic rings. The lowest BCUT2D eigenvalue weighted by Crippen LogP contribution is -2.44. The molecule has 19 heavy (non-hydrogen) atoms. The Hall–Kier alpha value is -0.120. The Morgan fingerprint density at radius 3 is 2.21 bits per heavy atom. The van der Waals surface area contributed by atoms with Crippen molar-refractivity contribution >= 4 is 0 Å². The second-order valence-electron chi connectivity index (χ2n) is 7.46. The van der Waals surface area contributed by atoms with E-state index < -0.39 is 0 Å². The van der Waals surface area contributed by atoms with E-state index in [-0.39, 0.29) is 12.1 Å². The maximum absolute atomic E-state index is 9.31. The third-order valence-corrected chi connectivity index (χ3v) is 4.98. The first-order valence-corrected chi connectivity index (χ1v) is 7.93. The van der Waals surface area contributed by atoms with Crippen LogP contribution in [0, 0.1) is 11.3 Å². The van der Waals surface area contributed by atoms with E-state index >= 15 is 0 Å². The van der Waals surface area contributed by atoms with Gasteiger partial charge in [-0.1, -0.05) is 27.7 Å². The predicted octanol–water partition coefficient (Wildman–Crippen LogP) is 2.62. The Balaban J connectivity index is 2.23. The molecular formula is C16H34N2O. The highest BCUT2D eigenvalue weighted by molar-refractivity contribution is 4.83. The number of aliphatic hydroxyl groups excluding tert-OH is 1. The standard InChI is InChI=1S/C16H34N2O/c1-5-16(17,13-19)9-6-10-18-11-7-14(8-12-18)15(2,3)4/h14,19H,5-13,17H2,1-4H3. The Labute approximate surface area is 119 Å². The van der Waals surface area contributed by atoms with Crippen molar-refractivity contribution in [3.63, 3.8) is 0 Å². The van der Waals surface area contributed by atoms with Crippen molar-refractivity contribution in [1.29, 1.82) is 0 Å². The normalized spacial score (nSPS) is 22.4. The van der Waals surface area contributed by atoms with Crippen LogP contribution in [0.2, 0.25) is 0 Å². The summed E-state index contributed by atoms with van der Waals surface area (Å²) in [7, 11) is 0. The van der Waals surface area contributed by atoms with Crippen LogP contribution in [-0.2, 0) is 0 Å². The Morgan fingerprint density at radius 2 is 1.79 bits per heavy atom. The third kappa shape index (κ3) is 5.41. The molecule has 1 heterocycles. The Morgan fingerprint density at radius 1 is 1.21 bits per heavy atom. The number of hydrogen-bond donors (Lipinski definition) is 2. The SMILES string of the molecule is CCC(N)(CO)CCCN1CCC(C(C)(C)C)CC1. The largest absolute Gasteiger partial charge is 0.394 e. The fourth-order valence-corrected chi connectivity index (χ4v) is 3.04. The third-order valence-electron chi connectivity index (χ3n) is 4.98. The second-order valence-corrected chi connectivity index (χ2v) is 7.46. The van der Waals surface area contributed by atoms with Gasteiger partial charge in [0.2, 0.25) is 0 Å². The molecule has 0 aromatic carbocycles. The molecule has 0 spiro atoms. The van der Waals surface area contributed by atoms with Crippen LogP contribution in [0.1, 0.15) is 59.8 Å². The number of likely N-dealkylation sites (tertiary alicyclic amines) is 1. The zero-order valence-electron chi connectivity index (χ0n) is 13.4. The maximum Gasteiger partial charge on any atom is 0.0611 e. The first-order chi connectivity index (χ1) is 8.80. The summed E-state index contributed by atoms with van der Waals surface area (Å²) in [5.74, 6) is 0.866. The minimum absolute atomic E-state index is 0.107. The van der Waals surface area contributed by atoms with Gasteiger partial charge in [0.05, 0.1) is 6.61 Å². The summed E-state index contributed by atoms with van der Waals surface area (Å²) >= 11 is 0. The van der Waals surface area contributed by atoms with Crippen LogP contribution in [0.25, 0.3) is 0 Å². The van der Waals surface area contributed by atoms with E-state index in [1.807, 2.05) is 0 Å². The van der Waals surface area contributed by atoms with E-state index in [0.717, 1.165) is 31.7 Å². The molecular weight excluding hydrogens is 236 g/mol. The van der Waals surface area contributed by atoms with E-state index in [0.29, 0.717) is 5.41 Å². The molecule has 3 heteroatoms. The molecule has 0 aliphatic carbocycles. The molecule has 3 nitrogen and oxygen atoms in total. The molecule has 1 unspecified atom stereocenters. The summed E-state index contributed by atoms with van der Waals surface area (Å²) in [4.78, 5) is 2.57. The molecule has 3 N–H and O–H groups in total. The number of hydrogen-bond acceptors (Lipinski definition) is 3. The van der Waals surface area contributed by atoms with Crippen LogP contribution in [0.3, 0.4) is 0 Å². The zero-order chi connectivity index (χ0) is 14.5. The van der Waals surface area contributed by atoms with Crippen LogP contribution >= 0.6 is 0 Å². The second kappa shape index (κ2) is 7.05. The zero-order valence-corrected chi connectivity index (χ0v) is 13.4. The minimum atomic E-state index is -0.357. The summed E-state index contributed by atoms with van der Waals surface area (Å²) in [6.07, 6.45) is 5.54. The summed E-state index contributed by atoms with van der Waals surface area (Å²) in [6.45, 7) is 12.8. The van der Waals surface area contributed by atoms with Gasteiger partial charge in [-0.25, -0.2) is 0 Å². The predicted molar refractivity (Wildman–Crippen MR) is 82.1 cm³/mol. The van der Waals surface area contributed by atoms with Crippen molar-refractivity contribution in [1.82, 2.24) is 4.90 Å². The number of aliphatic hydroxyl groups is 1. The van der Waals surface area contributed by atoms with Crippen molar-refractivity contribution < 1.29 is 5.11 Å². The van der Waals surface area contributed by atoms with Gasteiger partial charge in [0, 0.05) is 5.54 Å². The number of piperidine rings is 1. The van der Waals surface area contributed by atoms with Gasteiger partial charge in [-0.05, 0) is 63.1 Å². The lowest BCUT2D eigenvalue weighted by atomic mass is 9.75. The van der Waals surface area contributed by atoms with Gasteiger partial charge in [-0.2, -0.15) is 0 Å². The van der Waals surface area contributed by atoms with Crippen LogP contribution in [0.4, 0.5) is 0 Å². The fraction of sp³-hybridized carbons (Fsp3) is 1.00. The topological polar surface area (TPSA) is 49.5 Å². The molecule has 1 aliphatic heterocycles. The van der Waals surface area contributed by atoms with Crippen molar-refractivity contribution in [2.24, 2.45) is 17.1 Å². The minimum Gasteiger partial charge on any atom is -0.394 e. The number of nitrogens with two attached hydrogens (primary N) is 1. The molecule has 0 saturated carbocycles. The molecule has 1 rings (SSSR count). The lowest BCUT2D eigenvalue weighted by molar-refractivity contribution is 0.106. The number of nitrogens with zero attached hydrogens (tertiary/aromatic N) is 1. The van der Waals surface area contributed by atoms with Gasteiger partial charge in [0.25, 0.3) is 0 Å². The Bertz CT molecular complexity index is 248. The van der Waals surface area contributed by atoms with Crippen LogP contribution in [-0.4, -0.2) is 41.8 Å². The molecule has 0 radical (unpaired) electrons. The Kier molecular flexibility index (Phi) is 6.28. The molecule has 1 saturated heterocycles. The van der Waals surface area contributed by atoms with Gasteiger partial charge in [-0.3, -0.25) is 0 Å². The van der Waals surface area contributed by atoms with Crippen LogP contribution < -0.4 is 5.73 Å². The first-order valence-electron chi connectivity index (χ1n) is 7.93. The highest BCUT2D eigenvalue weighted by Crippen LogP contribution is 2.34. The molecule has 1 fully saturated rings. The molecule has 0 amide bonds. The summed E-state index contributed by atoms with van der Waals surface area (Å²) in [5.41, 5.74) is 6.22. The van der Waals surface area contributed by atoms with E-state index in [9.17, 15) is 5.11 Å². The molecule has 1 aliphatic rings. The average molecular weight is 270 g/mol. The van der Waals surface area contributed by atoms with Crippen molar-refractivity contribution in [3.05, 3.63) is 0 Å². The molecule has 0 bridgehead atoms. The highest BCUT2D eigenvalue weighted by Gasteiger charge is 2.29. The van der Waals surface area contributed by atoms with E-state index in [1.54, 1.807) is 0 Å². The van der Waals surface area contributed by atoms with Gasteiger partial charge in [0.15, 0.2) is 0 Å². The summed E-state index contributed by atoms with van der Waals surface area (Å²) in [6, 6.07) is 0. The van der Waals surface area contributed by atoms with Crippen molar-refractivity contribution in [2.45, 2.75) is 65.3 Å². The number of rotatable bonds is 6. The first kappa shape index (κ1) is 16.9. The van der Waals surface area contributed by atoms with Crippen LogP contribution in [0.15, 0.2) is 0 Å². The maximum atomic E-state index is 9.31. The van der Waals surface area contributed by atoms with Gasteiger partial charge in [0.1, 0.15) is 0 Å². The van der Waals surface area contributed by atoms with Gasteiger partial charge >= 0.3 is 0 Å². The highest BCUT2D eigenvalue weighted by atomic mass is 16.3. The molecule has 114 valence electrons. The van der Waals surface area contributed by atoms with Crippen molar-refractivity contribution in [2.75, 3.05) is 26.2 Å². The molecule has 1 atom stereocenters. The van der Waals surface area contributed by atoms with E-state index in [2.05, 4.69) is 32.6 Å². The lowest BCUT2D eigenvalue weighted by Gasteiger charge is -2.39. The van der Waals surface area contributed by atoms with Gasteiger partial charge < -0.3 is 15.7 Å². The fourth-order valence-electron chi connectivity index (χ4n) is 3.04. The smallest absolute Gasteiger partial charge is 0.0611 e. The summed E-state index contributed by atoms with van der Waals surface area (Å²) in [5, 5.41) is 9.31. The van der Waals surface area contributed by atoms with Crippen LogP contribution in [0.5, 0.6) is 0 Å². The quantitative estimate of drug-likeness (QED) is 0.780.